The molecule has 0 aliphatic carbocycles. The third-order valence-electron chi connectivity index (χ3n) is 3.01. The topological polar surface area (TPSA) is 48.3 Å². The molecule has 4 heteroatoms. The molecule has 0 unspecified atom stereocenters. The number of ether oxygens (including phenoxy) is 1. The lowest BCUT2D eigenvalue weighted by Gasteiger charge is -2.07. The molecular weight excluding hydrogens is 218 g/mol. The zero-order valence-corrected chi connectivity index (χ0v) is 11.1. The maximum atomic E-state index is 11.7. The molecule has 0 saturated carbocycles. The molecule has 0 aromatic carbocycles. The minimum Gasteiger partial charge on any atom is -0.459 e. The second kappa shape index (κ2) is 5.17. The number of hydrogen-bond donors (Lipinski definition) is 0. The van der Waals surface area contributed by atoms with Crippen molar-refractivity contribution in [3.8, 4) is 0 Å². The SMILES string of the molecule is CCc1c(C)c(C(C)=O)c(COC(C)=O)n1C. The Labute approximate surface area is 102 Å². The standard InChI is InChI=1S/C13H19NO3/c1-6-11-8(2)13(9(3)15)12(14(11)5)7-17-10(4)16/h6-7H2,1-5H3. The van der Waals surface area contributed by atoms with Crippen molar-refractivity contribution in [1.82, 2.24) is 4.57 Å². The van der Waals surface area contributed by atoms with Crippen molar-refractivity contribution in [1.29, 1.82) is 0 Å². The first-order chi connectivity index (χ1) is 7.90. The molecule has 1 rings (SSSR count). The van der Waals surface area contributed by atoms with E-state index < -0.39 is 0 Å². The molecule has 0 aliphatic heterocycles. The van der Waals surface area contributed by atoms with E-state index in [1.165, 1.54) is 6.92 Å². The Hall–Kier alpha value is -1.58. The summed E-state index contributed by atoms with van der Waals surface area (Å²) in [5.74, 6) is -0.323. The average Bonchev–Trinajstić information content (AvgIpc) is 2.46. The van der Waals surface area contributed by atoms with Gasteiger partial charge in [-0.25, -0.2) is 0 Å². The first-order valence-corrected chi connectivity index (χ1v) is 5.71. The molecule has 17 heavy (non-hydrogen) atoms. The van der Waals surface area contributed by atoms with E-state index in [0.29, 0.717) is 5.56 Å². The first-order valence-electron chi connectivity index (χ1n) is 5.71. The molecule has 0 spiro atoms. The van der Waals surface area contributed by atoms with Gasteiger partial charge >= 0.3 is 5.97 Å². The van der Waals surface area contributed by atoms with Crippen LogP contribution in [0.25, 0.3) is 0 Å². The maximum absolute atomic E-state index is 11.7. The maximum Gasteiger partial charge on any atom is 0.303 e. The number of ketones is 1. The van der Waals surface area contributed by atoms with E-state index >= 15 is 0 Å². The lowest BCUT2D eigenvalue weighted by atomic mass is 10.1. The highest BCUT2D eigenvalue weighted by atomic mass is 16.5. The molecule has 0 fully saturated rings. The summed E-state index contributed by atoms with van der Waals surface area (Å²) < 4.78 is 6.95. The quantitative estimate of drug-likeness (QED) is 0.595. The summed E-state index contributed by atoms with van der Waals surface area (Å²) in [5, 5.41) is 0. The van der Waals surface area contributed by atoms with Crippen LogP contribution in [0.1, 0.15) is 48.1 Å². The number of esters is 1. The summed E-state index contributed by atoms with van der Waals surface area (Å²) in [7, 11) is 1.90. The number of carbonyl (C=O) groups is 2. The van der Waals surface area contributed by atoms with Crippen molar-refractivity contribution in [2.45, 2.75) is 40.7 Å². The van der Waals surface area contributed by atoms with E-state index in [1.807, 2.05) is 25.5 Å². The second-order valence-electron chi connectivity index (χ2n) is 4.14. The fraction of sp³-hybridized carbons (Fsp3) is 0.538. The van der Waals surface area contributed by atoms with E-state index in [1.54, 1.807) is 6.92 Å². The van der Waals surface area contributed by atoms with E-state index in [0.717, 1.165) is 23.4 Å². The molecular formula is C13H19NO3. The van der Waals surface area contributed by atoms with Crippen molar-refractivity contribution < 1.29 is 14.3 Å². The lowest BCUT2D eigenvalue weighted by molar-refractivity contribution is -0.142. The smallest absolute Gasteiger partial charge is 0.303 e. The number of hydrogen-bond acceptors (Lipinski definition) is 3. The summed E-state index contributed by atoms with van der Waals surface area (Å²) >= 11 is 0. The number of Topliss-reactive ketones (excluding diaryl/α,β-unsaturated/α-hetero) is 1. The van der Waals surface area contributed by atoms with Gasteiger partial charge in [0.05, 0.1) is 5.69 Å². The molecule has 0 radical (unpaired) electrons. The van der Waals surface area contributed by atoms with Gasteiger partial charge in [0.2, 0.25) is 0 Å². The normalized spacial score (nSPS) is 10.4. The zero-order chi connectivity index (χ0) is 13.2. The molecule has 0 aliphatic rings. The van der Waals surface area contributed by atoms with Gasteiger partial charge in [-0.1, -0.05) is 6.92 Å². The van der Waals surface area contributed by atoms with Crippen LogP contribution in [-0.2, 0) is 29.6 Å². The van der Waals surface area contributed by atoms with Gasteiger partial charge in [0.15, 0.2) is 5.78 Å². The zero-order valence-electron chi connectivity index (χ0n) is 11.1. The highest BCUT2D eigenvalue weighted by Crippen LogP contribution is 2.23. The third kappa shape index (κ3) is 2.57. The van der Waals surface area contributed by atoms with Gasteiger partial charge in [-0.05, 0) is 25.8 Å². The Bertz CT molecular complexity index is 458. The van der Waals surface area contributed by atoms with Gasteiger partial charge in [-0.2, -0.15) is 0 Å². The lowest BCUT2D eigenvalue weighted by Crippen LogP contribution is -2.08. The van der Waals surface area contributed by atoms with Gasteiger partial charge in [0, 0.05) is 25.2 Å². The van der Waals surface area contributed by atoms with Crippen molar-refractivity contribution >= 4 is 11.8 Å². The summed E-state index contributed by atoms with van der Waals surface area (Å²) in [5.41, 5.74) is 3.56. The molecule has 0 amide bonds. The summed E-state index contributed by atoms with van der Waals surface area (Å²) in [6, 6.07) is 0. The number of carbonyl (C=O) groups excluding carboxylic acids is 2. The Balaban J connectivity index is 3.25. The van der Waals surface area contributed by atoms with Crippen LogP contribution in [0.3, 0.4) is 0 Å². The Morgan fingerprint density at radius 1 is 1.24 bits per heavy atom. The van der Waals surface area contributed by atoms with Crippen molar-refractivity contribution in [2.75, 3.05) is 0 Å². The monoisotopic (exact) mass is 237 g/mol. The third-order valence-corrected chi connectivity index (χ3v) is 3.01. The van der Waals surface area contributed by atoms with Gasteiger partial charge in [0.25, 0.3) is 0 Å². The van der Waals surface area contributed by atoms with Crippen LogP contribution in [0, 0.1) is 6.92 Å². The summed E-state index contributed by atoms with van der Waals surface area (Å²) in [6.07, 6.45) is 0.850. The highest BCUT2D eigenvalue weighted by molar-refractivity contribution is 5.97. The first kappa shape index (κ1) is 13.5. The van der Waals surface area contributed by atoms with E-state index in [2.05, 4.69) is 0 Å². The van der Waals surface area contributed by atoms with Crippen molar-refractivity contribution in [3.05, 3.63) is 22.5 Å². The Morgan fingerprint density at radius 3 is 2.24 bits per heavy atom. The van der Waals surface area contributed by atoms with Crippen LogP contribution in [0.5, 0.6) is 0 Å². The van der Waals surface area contributed by atoms with E-state index in [-0.39, 0.29) is 18.4 Å². The highest BCUT2D eigenvalue weighted by Gasteiger charge is 2.20. The molecule has 0 saturated heterocycles. The van der Waals surface area contributed by atoms with E-state index in [9.17, 15) is 9.59 Å². The van der Waals surface area contributed by atoms with Gasteiger partial charge in [-0.15, -0.1) is 0 Å². The summed E-state index contributed by atoms with van der Waals surface area (Å²) in [6.45, 7) is 7.04. The van der Waals surface area contributed by atoms with Crippen LogP contribution in [-0.4, -0.2) is 16.3 Å². The Kier molecular flexibility index (Phi) is 4.10. The molecule has 0 N–H and O–H groups in total. The number of aromatic nitrogens is 1. The summed E-state index contributed by atoms with van der Waals surface area (Å²) in [4.78, 5) is 22.5. The fourth-order valence-electron chi connectivity index (χ4n) is 2.25. The fourth-order valence-corrected chi connectivity index (χ4v) is 2.25. The van der Waals surface area contributed by atoms with Gasteiger partial charge < -0.3 is 9.30 Å². The molecule has 0 bridgehead atoms. The van der Waals surface area contributed by atoms with Crippen molar-refractivity contribution in [3.63, 3.8) is 0 Å². The van der Waals surface area contributed by atoms with Crippen LogP contribution in [0.2, 0.25) is 0 Å². The van der Waals surface area contributed by atoms with Crippen LogP contribution < -0.4 is 0 Å². The molecule has 1 aromatic rings. The predicted octanol–water partition coefficient (Wildman–Crippen LogP) is 2.16. The minimum absolute atomic E-state index is 0.0138. The average molecular weight is 237 g/mol. The molecule has 1 aromatic heterocycles. The van der Waals surface area contributed by atoms with Crippen LogP contribution >= 0.6 is 0 Å². The van der Waals surface area contributed by atoms with Gasteiger partial charge in [-0.3, -0.25) is 9.59 Å². The molecule has 94 valence electrons. The number of rotatable bonds is 4. The minimum atomic E-state index is -0.337. The van der Waals surface area contributed by atoms with E-state index in [4.69, 9.17) is 4.74 Å². The molecule has 0 atom stereocenters. The van der Waals surface area contributed by atoms with Crippen LogP contribution in [0.15, 0.2) is 0 Å². The van der Waals surface area contributed by atoms with Crippen molar-refractivity contribution in [2.24, 2.45) is 7.05 Å². The Morgan fingerprint density at radius 2 is 1.82 bits per heavy atom. The largest absolute Gasteiger partial charge is 0.459 e. The number of nitrogens with zero attached hydrogens (tertiary/aromatic N) is 1. The second-order valence-corrected chi connectivity index (χ2v) is 4.14. The molecule has 1 heterocycles. The van der Waals surface area contributed by atoms with Crippen LogP contribution in [0.4, 0.5) is 0 Å². The molecule has 4 nitrogen and oxygen atoms in total. The van der Waals surface area contributed by atoms with Gasteiger partial charge in [0.1, 0.15) is 6.61 Å². The predicted molar refractivity (Wildman–Crippen MR) is 65.0 cm³/mol.